The van der Waals surface area contributed by atoms with Gasteiger partial charge in [0.1, 0.15) is 5.75 Å². The molecule has 0 atom stereocenters. The highest BCUT2D eigenvalue weighted by atomic mass is 19.3. The monoisotopic (exact) mass is 391 g/mol. The maximum Gasteiger partial charge on any atom is 0.387 e. The summed E-state index contributed by atoms with van der Waals surface area (Å²) in [6.07, 6.45) is 2.06. The summed E-state index contributed by atoms with van der Waals surface area (Å²) in [7, 11) is 0. The zero-order valence-electron chi connectivity index (χ0n) is 15.4. The van der Waals surface area contributed by atoms with Crippen molar-refractivity contribution < 1.29 is 27.8 Å². The van der Waals surface area contributed by atoms with Crippen LogP contribution in [0, 0.1) is 0 Å². The average Bonchev–Trinajstić information content (AvgIpc) is 2.72. The number of rotatable bonds is 8. The summed E-state index contributed by atoms with van der Waals surface area (Å²) >= 11 is 0. The predicted octanol–water partition coefficient (Wildman–Crippen LogP) is 3.91. The quantitative estimate of drug-likeness (QED) is 0.741. The lowest BCUT2D eigenvalue weighted by atomic mass is 10.1. The van der Waals surface area contributed by atoms with Crippen LogP contribution in [0.4, 0.5) is 8.78 Å². The van der Waals surface area contributed by atoms with Crippen molar-refractivity contribution in [2.24, 2.45) is 0 Å². The smallest absolute Gasteiger partial charge is 0.387 e. The highest BCUT2D eigenvalue weighted by molar-refractivity contribution is 5.94. The van der Waals surface area contributed by atoms with Crippen LogP contribution in [0.3, 0.4) is 0 Å². The van der Waals surface area contributed by atoms with Gasteiger partial charge in [0.2, 0.25) is 0 Å². The number of halogens is 2. The fourth-order valence-corrected chi connectivity index (χ4v) is 2.96. The van der Waals surface area contributed by atoms with Gasteiger partial charge in [0.25, 0.3) is 5.91 Å². The first-order chi connectivity index (χ1) is 13.6. The third-order valence-electron chi connectivity index (χ3n) is 4.44. The Morgan fingerprint density at radius 3 is 2.54 bits per heavy atom. The molecule has 1 heterocycles. The molecule has 1 fully saturated rings. The third-order valence-corrected chi connectivity index (χ3v) is 4.44. The summed E-state index contributed by atoms with van der Waals surface area (Å²) < 4.78 is 39.9. The van der Waals surface area contributed by atoms with Crippen LogP contribution < -0.4 is 10.1 Å². The number of nitrogens with one attached hydrogen (secondary N) is 1. The Balaban J connectivity index is 1.49. The Labute approximate surface area is 162 Å². The number of carbonyl (C=O) groups excluding carboxylic acids is 1. The Morgan fingerprint density at radius 2 is 1.82 bits per heavy atom. The summed E-state index contributed by atoms with van der Waals surface area (Å²) in [6.45, 7) is -0.516. The van der Waals surface area contributed by atoms with Crippen LogP contribution in [0.15, 0.2) is 48.5 Å². The van der Waals surface area contributed by atoms with Crippen LogP contribution in [0.5, 0.6) is 5.75 Å². The summed E-state index contributed by atoms with van der Waals surface area (Å²) in [4.78, 5) is 12.2. The molecule has 1 amide bonds. The fourth-order valence-electron chi connectivity index (χ4n) is 2.96. The molecule has 0 aromatic heterocycles. The van der Waals surface area contributed by atoms with Crippen LogP contribution in [-0.4, -0.2) is 31.8 Å². The molecule has 0 spiro atoms. The molecule has 5 nitrogen and oxygen atoms in total. The highest BCUT2D eigenvalue weighted by Crippen LogP contribution is 2.16. The lowest BCUT2D eigenvalue weighted by molar-refractivity contribution is -0.0498. The van der Waals surface area contributed by atoms with E-state index in [1.54, 1.807) is 0 Å². The van der Waals surface area contributed by atoms with E-state index in [4.69, 9.17) is 9.47 Å². The SMILES string of the molecule is O=C(NCc1cccc(COC2CCOCC2)c1)c1ccc(OC(F)F)cc1. The minimum atomic E-state index is -2.89. The molecule has 1 saturated heterocycles. The summed E-state index contributed by atoms with van der Waals surface area (Å²) in [5.74, 6) is -0.267. The van der Waals surface area contributed by atoms with Crippen molar-refractivity contribution in [3.05, 3.63) is 65.2 Å². The summed E-state index contributed by atoms with van der Waals surface area (Å²) in [6, 6.07) is 13.4. The van der Waals surface area contributed by atoms with E-state index in [0.717, 1.165) is 37.2 Å². The van der Waals surface area contributed by atoms with E-state index in [1.165, 1.54) is 24.3 Å². The minimum Gasteiger partial charge on any atom is -0.435 e. The number of hydrogen-bond acceptors (Lipinski definition) is 4. The van der Waals surface area contributed by atoms with Gasteiger partial charge in [-0.3, -0.25) is 4.79 Å². The van der Waals surface area contributed by atoms with Gasteiger partial charge < -0.3 is 19.5 Å². The zero-order valence-corrected chi connectivity index (χ0v) is 15.4. The van der Waals surface area contributed by atoms with Gasteiger partial charge in [0.05, 0.1) is 12.7 Å². The fraction of sp³-hybridized carbons (Fsp3) is 0.381. The third kappa shape index (κ3) is 6.28. The van der Waals surface area contributed by atoms with Gasteiger partial charge in [-0.2, -0.15) is 8.78 Å². The van der Waals surface area contributed by atoms with Crippen LogP contribution in [0.1, 0.15) is 34.3 Å². The maximum atomic E-state index is 12.2. The van der Waals surface area contributed by atoms with E-state index in [1.807, 2.05) is 24.3 Å². The van der Waals surface area contributed by atoms with E-state index in [9.17, 15) is 13.6 Å². The number of hydrogen-bond donors (Lipinski definition) is 1. The molecule has 2 aromatic carbocycles. The van der Waals surface area contributed by atoms with E-state index in [0.29, 0.717) is 18.7 Å². The zero-order chi connectivity index (χ0) is 19.8. The standard InChI is InChI=1S/C21H23F2NO4/c22-21(23)28-19-6-4-17(5-7-19)20(25)24-13-15-2-1-3-16(12-15)14-27-18-8-10-26-11-9-18/h1-7,12,18,21H,8-11,13-14H2,(H,24,25). The lowest BCUT2D eigenvalue weighted by Gasteiger charge is -2.22. The molecule has 1 aliphatic heterocycles. The van der Waals surface area contributed by atoms with Crippen molar-refractivity contribution in [1.82, 2.24) is 5.32 Å². The van der Waals surface area contributed by atoms with E-state index in [2.05, 4.69) is 10.1 Å². The van der Waals surface area contributed by atoms with Gasteiger partial charge >= 0.3 is 6.61 Å². The Hall–Kier alpha value is -2.51. The molecule has 0 radical (unpaired) electrons. The van der Waals surface area contributed by atoms with E-state index in [-0.39, 0.29) is 17.8 Å². The lowest BCUT2D eigenvalue weighted by Crippen LogP contribution is -2.23. The number of ether oxygens (including phenoxy) is 3. The average molecular weight is 391 g/mol. The second kappa shape index (κ2) is 10.1. The first-order valence-corrected chi connectivity index (χ1v) is 9.20. The van der Waals surface area contributed by atoms with Crippen LogP contribution in [0.25, 0.3) is 0 Å². The molecule has 0 saturated carbocycles. The molecule has 0 bridgehead atoms. The molecule has 3 rings (SSSR count). The van der Waals surface area contributed by atoms with Crippen molar-refractivity contribution in [3.63, 3.8) is 0 Å². The number of amides is 1. The van der Waals surface area contributed by atoms with Crippen molar-refractivity contribution in [2.75, 3.05) is 13.2 Å². The van der Waals surface area contributed by atoms with Crippen LogP contribution in [0.2, 0.25) is 0 Å². The van der Waals surface area contributed by atoms with Gasteiger partial charge in [-0.05, 0) is 48.2 Å². The number of alkyl halides is 2. The van der Waals surface area contributed by atoms with Crippen molar-refractivity contribution >= 4 is 5.91 Å². The second-order valence-corrected chi connectivity index (χ2v) is 6.53. The second-order valence-electron chi connectivity index (χ2n) is 6.53. The van der Waals surface area contributed by atoms with Crippen LogP contribution >= 0.6 is 0 Å². The molecule has 150 valence electrons. The number of benzene rings is 2. The summed E-state index contributed by atoms with van der Waals surface area (Å²) in [5, 5.41) is 2.82. The molecule has 1 N–H and O–H groups in total. The minimum absolute atomic E-state index is 0.0174. The van der Waals surface area contributed by atoms with Gasteiger partial charge in [0.15, 0.2) is 0 Å². The Morgan fingerprint density at radius 1 is 1.11 bits per heavy atom. The van der Waals surface area contributed by atoms with Crippen LogP contribution in [-0.2, 0) is 22.6 Å². The van der Waals surface area contributed by atoms with E-state index >= 15 is 0 Å². The molecule has 2 aromatic rings. The normalized spacial score (nSPS) is 14.8. The van der Waals surface area contributed by atoms with Crippen molar-refractivity contribution in [2.45, 2.75) is 38.7 Å². The molecular formula is C21H23F2NO4. The van der Waals surface area contributed by atoms with E-state index < -0.39 is 6.61 Å². The first-order valence-electron chi connectivity index (χ1n) is 9.20. The molecular weight excluding hydrogens is 368 g/mol. The van der Waals surface area contributed by atoms with Gasteiger partial charge in [-0.1, -0.05) is 24.3 Å². The summed E-state index contributed by atoms with van der Waals surface area (Å²) in [5.41, 5.74) is 2.38. The van der Waals surface area contributed by atoms with Crippen molar-refractivity contribution in [3.8, 4) is 5.75 Å². The Kier molecular flexibility index (Phi) is 7.33. The van der Waals surface area contributed by atoms with Crippen molar-refractivity contribution in [1.29, 1.82) is 0 Å². The maximum absolute atomic E-state index is 12.2. The number of carbonyl (C=O) groups is 1. The molecule has 1 aliphatic rings. The highest BCUT2D eigenvalue weighted by Gasteiger charge is 2.14. The van der Waals surface area contributed by atoms with Gasteiger partial charge in [-0.15, -0.1) is 0 Å². The Bertz CT molecular complexity index is 761. The predicted molar refractivity (Wildman–Crippen MR) is 99.3 cm³/mol. The molecule has 0 unspecified atom stereocenters. The molecule has 28 heavy (non-hydrogen) atoms. The van der Waals surface area contributed by atoms with Gasteiger partial charge in [0, 0.05) is 25.3 Å². The molecule has 7 heteroatoms. The first kappa shape index (κ1) is 20.2. The van der Waals surface area contributed by atoms with Gasteiger partial charge in [-0.25, -0.2) is 0 Å². The largest absolute Gasteiger partial charge is 0.435 e. The molecule has 0 aliphatic carbocycles. The topological polar surface area (TPSA) is 56.8 Å².